The summed E-state index contributed by atoms with van der Waals surface area (Å²) in [6, 6.07) is 7.24. The Hall–Kier alpha value is -1.51. The zero-order valence-corrected chi connectivity index (χ0v) is 10.6. The number of nitrogens with one attached hydrogen (secondary N) is 1. The Morgan fingerprint density at radius 3 is 2.82 bits per heavy atom. The zero-order valence-electron chi connectivity index (χ0n) is 10.6. The first-order chi connectivity index (χ1) is 8.08. The van der Waals surface area contributed by atoms with E-state index in [1.165, 1.54) is 0 Å². The summed E-state index contributed by atoms with van der Waals surface area (Å²) in [5.74, 6) is 0.823. The van der Waals surface area contributed by atoms with Gasteiger partial charge in [0.15, 0.2) is 0 Å². The van der Waals surface area contributed by atoms with Crippen LogP contribution in [-0.4, -0.2) is 17.6 Å². The van der Waals surface area contributed by atoms with E-state index in [1.54, 1.807) is 12.1 Å². The van der Waals surface area contributed by atoms with Gasteiger partial charge >= 0.3 is 0 Å². The van der Waals surface area contributed by atoms with E-state index >= 15 is 0 Å². The van der Waals surface area contributed by atoms with Gasteiger partial charge in [0.2, 0.25) is 5.91 Å². The molecular formula is C14H21NO2. The van der Waals surface area contributed by atoms with Crippen LogP contribution in [0.25, 0.3) is 0 Å². The fourth-order valence-corrected chi connectivity index (χ4v) is 1.68. The smallest absolute Gasteiger partial charge is 0.220 e. The molecule has 0 bridgehead atoms. The van der Waals surface area contributed by atoms with E-state index in [2.05, 4.69) is 5.32 Å². The monoisotopic (exact) mass is 235 g/mol. The van der Waals surface area contributed by atoms with Crippen LogP contribution >= 0.6 is 0 Å². The van der Waals surface area contributed by atoms with Crippen LogP contribution in [0.2, 0.25) is 0 Å². The number of carbonyl (C=O) groups excluding carboxylic acids is 1. The number of benzene rings is 1. The standard InChI is InChI=1S/C14H21NO2/c1-11(2)9-14(17)15-8-4-6-12-5-3-7-13(16)10-12/h3,5,7,10-11,16H,4,6,8-9H2,1-2H3,(H,15,17). The highest BCUT2D eigenvalue weighted by atomic mass is 16.3. The first kappa shape index (κ1) is 13.6. The molecule has 94 valence electrons. The van der Waals surface area contributed by atoms with Crippen molar-refractivity contribution in [2.75, 3.05) is 6.54 Å². The van der Waals surface area contributed by atoms with E-state index in [0.717, 1.165) is 18.4 Å². The van der Waals surface area contributed by atoms with E-state index < -0.39 is 0 Å². The van der Waals surface area contributed by atoms with Gasteiger partial charge in [0.05, 0.1) is 0 Å². The largest absolute Gasteiger partial charge is 0.508 e. The number of hydrogen-bond donors (Lipinski definition) is 2. The molecule has 0 heterocycles. The zero-order chi connectivity index (χ0) is 12.7. The highest BCUT2D eigenvalue weighted by Crippen LogP contribution is 2.12. The van der Waals surface area contributed by atoms with Gasteiger partial charge in [-0.15, -0.1) is 0 Å². The van der Waals surface area contributed by atoms with Crippen molar-refractivity contribution >= 4 is 5.91 Å². The molecule has 0 aliphatic rings. The van der Waals surface area contributed by atoms with E-state index in [-0.39, 0.29) is 5.91 Å². The van der Waals surface area contributed by atoms with Crippen molar-refractivity contribution in [2.24, 2.45) is 5.92 Å². The molecule has 3 heteroatoms. The van der Waals surface area contributed by atoms with Gasteiger partial charge in [0.1, 0.15) is 5.75 Å². The molecule has 0 aliphatic carbocycles. The summed E-state index contributed by atoms with van der Waals surface area (Å²) in [7, 11) is 0. The lowest BCUT2D eigenvalue weighted by Gasteiger charge is -2.07. The number of amides is 1. The van der Waals surface area contributed by atoms with Crippen molar-refractivity contribution in [1.82, 2.24) is 5.32 Å². The van der Waals surface area contributed by atoms with Gasteiger partial charge < -0.3 is 10.4 Å². The van der Waals surface area contributed by atoms with Crippen molar-refractivity contribution in [3.05, 3.63) is 29.8 Å². The predicted octanol–water partition coefficient (Wildman–Crippen LogP) is 2.49. The predicted molar refractivity (Wildman–Crippen MR) is 68.9 cm³/mol. The molecule has 17 heavy (non-hydrogen) atoms. The summed E-state index contributed by atoms with van der Waals surface area (Å²) in [5, 5.41) is 12.2. The number of hydrogen-bond acceptors (Lipinski definition) is 2. The molecular weight excluding hydrogens is 214 g/mol. The highest BCUT2D eigenvalue weighted by Gasteiger charge is 2.03. The molecule has 0 aromatic heterocycles. The molecule has 0 saturated carbocycles. The topological polar surface area (TPSA) is 49.3 Å². The van der Waals surface area contributed by atoms with Crippen LogP contribution in [0.15, 0.2) is 24.3 Å². The molecule has 0 fully saturated rings. The third kappa shape index (κ3) is 5.95. The van der Waals surface area contributed by atoms with Gasteiger partial charge in [-0.2, -0.15) is 0 Å². The lowest BCUT2D eigenvalue weighted by atomic mass is 10.1. The first-order valence-corrected chi connectivity index (χ1v) is 6.12. The van der Waals surface area contributed by atoms with E-state index in [9.17, 15) is 9.90 Å². The molecule has 2 N–H and O–H groups in total. The number of phenols is 1. The number of phenolic OH excluding ortho intramolecular Hbond substituents is 1. The van der Waals surface area contributed by atoms with E-state index in [0.29, 0.717) is 24.6 Å². The number of carbonyl (C=O) groups is 1. The summed E-state index contributed by atoms with van der Waals surface area (Å²) in [4.78, 5) is 11.4. The average molecular weight is 235 g/mol. The minimum atomic E-state index is 0.121. The Labute approximate surface area is 103 Å². The molecule has 0 spiro atoms. The summed E-state index contributed by atoms with van der Waals surface area (Å²) in [6.07, 6.45) is 2.36. The Morgan fingerprint density at radius 1 is 1.41 bits per heavy atom. The Kier molecular flexibility index (Phi) is 5.53. The van der Waals surface area contributed by atoms with Gasteiger partial charge in [-0.1, -0.05) is 26.0 Å². The lowest BCUT2D eigenvalue weighted by molar-refractivity contribution is -0.121. The van der Waals surface area contributed by atoms with Gasteiger partial charge in [-0.25, -0.2) is 0 Å². The van der Waals surface area contributed by atoms with Crippen molar-refractivity contribution in [3.8, 4) is 5.75 Å². The van der Waals surface area contributed by atoms with Crippen LogP contribution in [-0.2, 0) is 11.2 Å². The Balaban J connectivity index is 2.18. The van der Waals surface area contributed by atoms with Crippen LogP contribution < -0.4 is 5.32 Å². The molecule has 1 aromatic carbocycles. The first-order valence-electron chi connectivity index (χ1n) is 6.12. The minimum Gasteiger partial charge on any atom is -0.508 e. The van der Waals surface area contributed by atoms with Gasteiger partial charge in [-0.3, -0.25) is 4.79 Å². The Morgan fingerprint density at radius 2 is 2.18 bits per heavy atom. The maximum absolute atomic E-state index is 11.4. The Bertz CT molecular complexity index is 361. The van der Waals surface area contributed by atoms with Gasteiger partial charge in [0.25, 0.3) is 0 Å². The van der Waals surface area contributed by atoms with Crippen LogP contribution in [0, 0.1) is 5.92 Å². The van der Waals surface area contributed by atoms with Crippen molar-refractivity contribution in [1.29, 1.82) is 0 Å². The third-order valence-electron chi connectivity index (χ3n) is 2.47. The molecule has 1 amide bonds. The minimum absolute atomic E-state index is 0.121. The summed E-state index contributed by atoms with van der Waals surface area (Å²) >= 11 is 0. The van der Waals surface area contributed by atoms with Crippen molar-refractivity contribution in [2.45, 2.75) is 33.1 Å². The normalized spacial score (nSPS) is 10.5. The second kappa shape index (κ2) is 6.94. The molecule has 0 aliphatic heterocycles. The van der Waals surface area contributed by atoms with Crippen LogP contribution in [0.4, 0.5) is 0 Å². The number of aryl methyl sites for hydroxylation is 1. The molecule has 0 atom stereocenters. The molecule has 1 rings (SSSR count). The second-order valence-electron chi connectivity index (χ2n) is 4.72. The highest BCUT2D eigenvalue weighted by molar-refractivity contribution is 5.75. The summed E-state index contributed by atoms with van der Waals surface area (Å²) in [5.41, 5.74) is 1.10. The third-order valence-corrected chi connectivity index (χ3v) is 2.47. The van der Waals surface area contributed by atoms with Crippen LogP contribution in [0.5, 0.6) is 5.75 Å². The maximum Gasteiger partial charge on any atom is 0.220 e. The molecule has 0 radical (unpaired) electrons. The quantitative estimate of drug-likeness (QED) is 0.744. The SMILES string of the molecule is CC(C)CC(=O)NCCCc1cccc(O)c1. The molecule has 3 nitrogen and oxygen atoms in total. The van der Waals surface area contributed by atoms with Crippen molar-refractivity contribution < 1.29 is 9.90 Å². The average Bonchev–Trinajstić information content (AvgIpc) is 2.23. The van der Waals surface area contributed by atoms with E-state index in [4.69, 9.17) is 0 Å². The van der Waals surface area contributed by atoms with E-state index in [1.807, 2.05) is 26.0 Å². The number of rotatable bonds is 6. The molecule has 1 aromatic rings. The summed E-state index contributed by atoms with van der Waals surface area (Å²) in [6.45, 7) is 4.76. The number of aromatic hydroxyl groups is 1. The van der Waals surface area contributed by atoms with Gasteiger partial charge in [0, 0.05) is 13.0 Å². The molecule has 0 unspecified atom stereocenters. The maximum atomic E-state index is 11.4. The van der Waals surface area contributed by atoms with Crippen LogP contribution in [0.1, 0.15) is 32.3 Å². The van der Waals surface area contributed by atoms with Gasteiger partial charge in [-0.05, 0) is 36.5 Å². The fourth-order valence-electron chi connectivity index (χ4n) is 1.68. The second-order valence-corrected chi connectivity index (χ2v) is 4.72. The lowest BCUT2D eigenvalue weighted by Crippen LogP contribution is -2.25. The molecule has 0 saturated heterocycles. The fraction of sp³-hybridized carbons (Fsp3) is 0.500. The summed E-state index contributed by atoms with van der Waals surface area (Å²) < 4.78 is 0. The van der Waals surface area contributed by atoms with Crippen molar-refractivity contribution in [3.63, 3.8) is 0 Å². The van der Waals surface area contributed by atoms with Crippen LogP contribution in [0.3, 0.4) is 0 Å².